The lowest BCUT2D eigenvalue weighted by Crippen LogP contribution is -2.22. The molecule has 0 amide bonds. The summed E-state index contributed by atoms with van der Waals surface area (Å²) in [5.41, 5.74) is 8.95. The van der Waals surface area contributed by atoms with E-state index < -0.39 is 17.7 Å². The quantitative estimate of drug-likeness (QED) is 0.349. The van der Waals surface area contributed by atoms with Crippen LogP contribution in [0.25, 0.3) is 33.9 Å². The highest BCUT2D eigenvalue weighted by atomic mass is 19.4. The fourth-order valence-corrected chi connectivity index (χ4v) is 4.86. The SMILES string of the molecule is CCn1cc(C(F)(F)F)nc1-c1ccc(-c2c(-c3ccnn3C(C)C)nn3c2C(N)CCC3)cc1F. The molecule has 5 rings (SSSR count). The molecule has 11 heteroatoms. The van der Waals surface area contributed by atoms with Gasteiger partial charge in [-0.15, -0.1) is 0 Å². The molecule has 0 saturated carbocycles. The lowest BCUT2D eigenvalue weighted by atomic mass is 9.93. The number of aryl methyl sites for hydroxylation is 2. The van der Waals surface area contributed by atoms with Crippen LogP contribution in [0, 0.1) is 5.82 Å². The number of hydrogen-bond acceptors (Lipinski definition) is 4. The number of fused-ring (bicyclic) bond motifs is 1. The van der Waals surface area contributed by atoms with Gasteiger partial charge in [-0.3, -0.25) is 9.36 Å². The maximum absolute atomic E-state index is 15.6. The third kappa shape index (κ3) is 4.01. The molecule has 1 atom stereocenters. The number of rotatable bonds is 5. The fourth-order valence-electron chi connectivity index (χ4n) is 4.86. The number of nitrogens with zero attached hydrogens (tertiary/aromatic N) is 6. The molecular weight excluding hydrogens is 474 g/mol. The van der Waals surface area contributed by atoms with Crippen molar-refractivity contribution in [1.82, 2.24) is 29.1 Å². The maximum Gasteiger partial charge on any atom is 0.434 e. The van der Waals surface area contributed by atoms with Crippen molar-refractivity contribution in [2.24, 2.45) is 5.73 Å². The molecule has 1 aliphatic heterocycles. The first-order valence-corrected chi connectivity index (χ1v) is 11.9. The molecule has 4 heterocycles. The average Bonchev–Trinajstić information content (AvgIpc) is 3.55. The van der Waals surface area contributed by atoms with E-state index in [-0.39, 0.29) is 30.0 Å². The summed E-state index contributed by atoms with van der Waals surface area (Å²) in [4.78, 5) is 3.70. The molecule has 0 spiro atoms. The van der Waals surface area contributed by atoms with Gasteiger partial charge in [0.2, 0.25) is 0 Å². The zero-order valence-electron chi connectivity index (χ0n) is 20.2. The second kappa shape index (κ2) is 8.88. The van der Waals surface area contributed by atoms with Crippen molar-refractivity contribution in [1.29, 1.82) is 0 Å². The molecule has 1 aromatic carbocycles. The minimum absolute atomic E-state index is 0.00444. The van der Waals surface area contributed by atoms with Gasteiger partial charge in [-0.25, -0.2) is 9.37 Å². The van der Waals surface area contributed by atoms with Gasteiger partial charge in [-0.2, -0.15) is 23.4 Å². The summed E-state index contributed by atoms with van der Waals surface area (Å²) >= 11 is 0. The van der Waals surface area contributed by atoms with Crippen LogP contribution in [0.3, 0.4) is 0 Å². The Labute approximate surface area is 205 Å². The molecule has 3 aromatic heterocycles. The van der Waals surface area contributed by atoms with Gasteiger partial charge in [-0.1, -0.05) is 6.07 Å². The third-order valence-corrected chi connectivity index (χ3v) is 6.54. The molecule has 0 fully saturated rings. The number of halogens is 4. The second-order valence-electron chi connectivity index (χ2n) is 9.26. The standard InChI is InChI=1S/C25H27F4N7/c1-4-34-13-20(25(27,28)29)32-24(34)16-8-7-15(12-17(16)26)21-22(19-9-10-31-36(19)14(2)3)33-35-11-5-6-18(30)23(21)35/h7-10,12-14,18H,4-6,11,30H2,1-3H3. The van der Waals surface area contributed by atoms with Gasteiger partial charge in [0.25, 0.3) is 0 Å². The Balaban J connectivity index is 1.67. The average molecular weight is 502 g/mol. The van der Waals surface area contributed by atoms with Crippen LogP contribution < -0.4 is 5.73 Å². The maximum atomic E-state index is 15.6. The monoisotopic (exact) mass is 501 g/mol. The van der Waals surface area contributed by atoms with Gasteiger partial charge in [0.1, 0.15) is 17.3 Å². The molecule has 0 bridgehead atoms. The molecular formula is C25H27F4N7. The van der Waals surface area contributed by atoms with E-state index in [9.17, 15) is 13.2 Å². The van der Waals surface area contributed by atoms with Crippen molar-refractivity contribution in [2.45, 2.75) is 65.0 Å². The van der Waals surface area contributed by atoms with Crippen LogP contribution in [-0.4, -0.2) is 29.1 Å². The Bertz CT molecular complexity index is 1410. The lowest BCUT2D eigenvalue weighted by Gasteiger charge is -2.21. The van der Waals surface area contributed by atoms with Crippen LogP contribution in [0.2, 0.25) is 0 Å². The number of aromatic nitrogens is 6. The van der Waals surface area contributed by atoms with Gasteiger partial charge in [-0.05, 0) is 57.4 Å². The summed E-state index contributed by atoms with van der Waals surface area (Å²) in [5.74, 6) is -0.741. The van der Waals surface area contributed by atoms with E-state index in [1.807, 2.05) is 29.3 Å². The second-order valence-corrected chi connectivity index (χ2v) is 9.26. The van der Waals surface area contributed by atoms with Crippen molar-refractivity contribution in [3.63, 3.8) is 0 Å². The van der Waals surface area contributed by atoms with E-state index in [0.29, 0.717) is 23.4 Å². The lowest BCUT2D eigenvalue weighted by molar-refractivity contribution is -0.140. The van der Waals surface area contributed by atoms with E-state index in [2.05, 4.69) is 10.1 Å². The molecule has 7 nitrogen and oxygen atoms in total. The Morgan fingerprint density at radius 3 is 2.64 bits per heavy atom. The summed E-state index contributed by atoms with van der Waals surface area (Å²) in [6.45, 7) is 6.62. The molecule has 36 heavy (non-hydrogen) atoms. The number of nitrogens with two attached hydrogens (primary N) is 1. The highest BCUT2D eigenvalue weighted by Crippen LogP contribution is 2.41. The van der Waals surface area contributed by atoms with Gasteiger partial charge in [0.15, 0.2) is 5.69 Å². The van der Waals surface area contributed by atoms with Gasteiger partial charge in [0.05, 0.1) is 17.0 Å². The molecule has 1 unspecified atom stereocenters. The smallest absolute Gasteiger partial charge is 0.331 e. The molecule has 1 aliphatic rings. The van der Waals surface area contributed by atoms with Crippen LogP contribution in [0.5, 0.6) is 0 Å². The van der Waals surface area contributed by atoms with Crippen molar-refractivity contribution in [3.8, 4) is 33.9 Å². The van der Waals surface area contributed by atoms with Gasteiger partial charge in [0, 0.05) is 43.1 Å². The van der Waals surface area contributed by atoms with Crippen molar-refractivity contribution < 1.29 is 17.6 Å². The third-order valence-electron chi connectivity index (χ3n) is 6.54. The normalized spacial score (nSPS) is 16.1. The number of imidazole rings is 1. The topological polar surface area (TPSA) is 79.5 Å². The van der Waals surface area contributed by atoms with E-state index >= 15 is 4.39 Å². The minimum atomic E-state index is -4.62. The zero-order chi connectivity index (χ0) is 25.8. The van der Waals surface area contributed by atoms with E-state index in [4.69, 9.17) is 10.8 Å². The molecule has 2 N–H and O–H groups in total. The van der Waals surface area contributed by atoms with E-state index in [0.717, 1.165) is 30.4 Å². The Morgan fingerprint density at radius 1 is 1.19 bits per heavy atom. The predicted molar refractivity (Wildman–Crippen MR) is 127 cm³/mol. The Kier molecular flexibility index (Phi) is 5.98. The van der Waals surface area contributed by atoms with Gasteiger partial charge >= 0.3 is 6.18 Å². The number of hydrogen-bond donors (Lipinski definition) is 1. The van der Waals surface area contributed by atoms with Crippen LogP contribution in [0.15, 0.2) is 36.7 Å². The first-order chi connectivity index (χ1) is 17.1. The summed E-state index contributed by atoms with van der Waals surface area (Å²) in [5, 5.41) is 9.27. The Hall–Kier alpha value is -3.47. The van der Waals surface area contributed by atoms with E-state index in [1.54, 1.807) is 19.2 Å². The Morgan fingerprint density at radius 2 is 1.97 bits per heavy atom. The van der Waals surface area contributed by atoms with Gasteiger partial charge < -0.3 is 10.3 Å². The summed E-state index contributed by atoms with van der Waals surface area (Å²) in [6, 6.07) is 6.16. The van der Waals surface area contributed by atoms with Crippen molar-refractivity contribution in [2.75, 3.05) is 0 Å². The predicted octanol–water partition coefficient (Wildman–Crippen LogP) is 5.83. The fraction of sp³-hybridized carbons (Fsp3) is 0.400. The van der Waals surface area contributed by atoms with E-state index in [1.165, 1.54) is 16.7 Å². The summed E-state index contributed by atoms with van der Waals surface area (Å²) in [7, 11) is 0. The first-order valence-electron chi connectivity index (χ1n) is 11.9. The van der Waals surface area contributed by atoms with Crippen LogP contribution in [0.1, 0.15) is 57.1 Å². The first kappa shape index (κ1) is 24.2. The molecule has 190 valence electrons. The van der Waals surface area contributed by atoms with Crippen LogP contribution in [-0.2, 0) is 19.3 Å². The highest BCUT2D eigenvalue weighted by Gasteiger charge is 2.35. The van der Waals surface area contributed by atoms with Crippen molar-refractivity contribution in [3.05, 3.63) is 53.9 Å². The van der Waals surface area contributed by atoms with Crippen LogP contribution in [0.4, 0.5) is 17.6 Å². The molecule has 0 radical (unpaired) electrons. The zero-order valence-corrected chi connectivity index (χ0v) is 20.2. The summed E-state index contributed by atoms with van der Waals surface area (Å²) < 4.78 is 60.3. The minimum Gasteiger partial charge on any atom is -0.331 e. The number of alkyl halides is 3. The summed E-state index contributed by atoms with van der Waals surface area (Å²) in [6.07, 6.45) is -0.360. The van der Waals surface area contributed by atoms with Crippen LogP contribution >= 0.6 is 0 Å². The molecule has 0 saturated heterocycles. The highest BCUT2D eigenvalue weighted by molar-refractivity contribution is 5.83. The molecule has 0 aliphatic carbocycles. The largest absolute Gasteiger partial charge is 0.434 e. The number of benzene rings is 1. The molecule has 4 aromatic rings. The van der Waals surface area contributed by atoms with Crippen molar-refractivity contribution >= 4 is 0 Å².